The van der Waals surface area contributed by atoms with Crippen LogP contribution in [0.2, 0.25) is 0 Å². The summed E-state index contributed by atoms with van der Waals surface area (Å²) in [5, 5.41) is 0. The molecule has 18 heavy (non-hydrogen) atoms. The number of pyridine rings is 1. The van der Waals surface area contributed by atoms with Crippen molar-refractivity contribution in [2.75, 3.05) is 6.26 Å². The number of nitrogens with zero attached hydrogens (tertiary/aromatic N) is 1. The maximum atomic E-state index is 11.5. The minimum atomic E-state index is -1.03. The van der Waals surface area contributed by atoms with E-state index in [9.17, 15) is 4.21 Å². The molecule has 0 radical (unpaired) electrons. The lowest BCUT2D eigenvalue weighted by Crippen LogP contribution is -2.41. The second kappa shape index (κ2) is 4.44. The van der Waals surface area contributed by atoms with Gasteiger partial charge in [0.1, 0.15) is 0 Å². The van der Waals surface area contributed by atoms with E-state index >= 15 is 0 Å². The summed E-state index contributed by atoms with van der Waals surface area (Å²) in [6.45, 7) is 7.98. The molecule has 0 aliphatic carbocycles. The third-order valence-corrected chi connectivity index (χ3v) is 4.50. The second-order valence-corrected chi connectivity index (χ2v) is 6.84. The smallest absolute Gasteiger partial charge is 0.398 e. The van der Waals surface area contributed by atoms with Crippen molar-refractivity contribution in [2.45, 2.75) is 43.8 Å². The van der Waals surface area contributed by atoms with Crippen molar-refractivity contribution < 1.29 is 13.5 Å². The van der Waals surface area contributed by atoms with Crippen LogP contribution in [0, 0.1) is 0 Å². The first-order chi connectivity index (χ1) is 8.23. The lowest BCUT2D eigenvalue weighted by atomic mass is 9.84. The van der Waals surface area contributed by atoms with Gasteiger partial charge in [0.25, 0.3) is 0 Å². The molecule has 2 rings (SSSR count). The lowest BCUT2D eigenvalue weighted by molar-refractivity contribution is 0.00578. The Morgan fingerprint density at radius 2 is 1.78 bits per heavy atom. The second-order valence-electron chi connectivity index (χ2n) is 5.46. The van der Waals surface area contributed by atoms with Crippen LogP contribution in [-0.2, 0) is 20.1 Å². The van der Waals surface area contributed by atoms with Crippen molar-refractivity contribution in [1.29, 1.82) is 0 Å². The number of aromatic nitrogens is 1. The first-order valence-electron chi connectivity index (χ1n) is 5.88. The van der Waals surface area contributed by atoms with E-state index in [4.69, 9.17) is 9.31 Å². The van der Waals surface area contributed by atoms with Gasteiger partial charge in [-0.2, -0.15) is 0 Å². The molecule has 4 nitrogen and oxygen atoms in total. The van der Waals surface area contributed by atoms with Gasteiger partial charge >= 0.3 is 7.12 Å². The zero-order valence-corrected chi connectivity index (χ0v) is 12.2. The van der Waals surface area contributed by atoms with E-state index in [2.05, 4.69) is 4.98 Å². The molecule has 1 aliphatic heterocycles. The van der Waals surface area contributed by atoms with Crippen molar-refractivity contribution in [2.24, 2.45) is 0 Å². The predicted molar refractivity (Wildman–Crippen MR) is 72.3 cm³/mol. The van der Waals surface area contributed by atoms with E-state index in [1.807, 2.05) is 27.7 Å². The molecular formula is C12H18BNO3S. The first kappa shape index (κ1) is 13.7. The van der Waals surface area contributed by atoms with Crippen LogP contribution in [0.25, 0.3) is 0 Å². The highest BCUT2D eigenvalue weighted by Crippen LogP contribution is 2.36. The maximum Gasteiger partial charge on any atom is 0.514 e. The van der Waals surface area contributed by atoms with Gasteiger partial charge < -0.3 is 9.31 Å². The summed E-state index contributed by atoms with van der Waals surface area (Å²) in [4.78, 5) is 4.98. The molecule has 1 aromatic rings. The van der Waals surface area contributed by atoms with Crippen LogP contribution in [0.3, 0.4) is 0 Å². The zero-order chi connectivity index (χ0) is 13.6. The van der Waals surface area contributed by atoms with Crippen LogP contribution in [0.15, 0.2) is 23.2 Å². The molecule has 1 aromatic heterocycles. The molecule has 6 heteroatoms. The Hall–Kier alpha value is -0.715. The first-order valence-corrected chi connectivity index (χ1v) is 7.44. The number of rotatable bonds is 2. The minimum absolute atomic E-state index is 0.388. The largest absolute Gasteiger partial charge is 0.514 e. The Kier molecular flexibility index (Phi) is 3.38. The molecule has 0 aromatic carbocycles. The van der Waals surface area contributed by atoms with Crippen molar-refractivity contribution in [3.63, 3.8) is 0 Å². The molecule has 1 aliphatic rings. The van der Waals surface area contributed by atoms with Crippen LogP contribution < -0.4 is 5.59 Å². The SMILES string of the molecule is CS(=O)c1ccnc(B2OC(C)(C)C(C)(C)O2)c1. The van der Waals surface area contributed by atoms with Gasteiger partial charge in [-0.3, -0.25) is 9.19 Å². The van der Waals surface area contributed by atoms with Crippen LogP contribution >= 0.6 is 0 Å². The van der Waals surface area contributed by atoms with Gasteiger partial charge in [0.15, 0.2) is 0 Å². The van der Waals surface area contributed by atoms with Gasteiger partial charge in [0, 0.05) is 28.1 Å². The fraction of sp³-hybridized carbons (Fsp3) is 0.583. The summed E-state index contributed by atoms with van der Waals surface area (Å²) in [6, 6.07) is 3.52. The highest BCUT2D eigenvalue weighted by atomic mass is 32.2. The zero-order valence-electron chi connectivity index (χ0n) is 11.4. The van der Waals surface area contributed by atoms with Crippen molar-refractivity contribution in [3.8, 4) is 0 Å². The number of hydrogen-bond donors (Lipinski definition) is 0. The topological polar surface area (TPSA) is 48.4 Å². The molecule has 98 valence electrons. The fourth-order valence-electron chi connectivity index (χ4n) is 1.70. The Morgan fingerprint density at radius 1 is 1.22 bits per heavy atom. The Morgan fingerprint density at radius 3 is 2.28 bits per heavy atom. The Balaban J connectivity index is 2.30. The van der Waals surface area contributed by atoms with Crippen molar-refractivity contribution in [3.05, 3.63) is 18.3 Å². The average molecular weight is 267 g/mol. The monoisotopic (exact) mass is 267 g/mol. The highest BCUT2D eigenvalue weighted by Gasteiger charge is 2.52. The van der Waals surface area contributed by atoms with Crippen LogP contribution in [0.1, 0.15) is 27.7 Å². The molecule has 0 saturated carbocycles. The van der Waals surface area contributed by atoms with Crippen molar-refractivity contribution in [1.82, 2.24) is 4.98 Å². The Bertz CT molecular complexity index is 474. The third-order valence-electron chi connectivity index (χ3n) is 3.58. The van der Waals surface area contributed by atoms with Gasteiger partial charge in [0.2, 0.25) is 0 Å². The maximum absolute atomic E-state index is 11.5. The van der Waals surface area contributed by atoms with E-state index in [0.717, 1.165) is 4.90 Å². The lowest BCUT2D eigenvalue weighted by Gasteiger charge is -2.32. The molecule has 1 atom stereocenters. The molecule has 0 spiro atoms. The summed E-state index contributed by atoms with van der Waals surface area (Å²) in [7, 11) is -1.53. The Labute approximate surface area is 111 Å². The molecule has 1 unspecified atom stereocenters. The molecule has 0 N–H and O–H groups in total. The summed E-state index contributed by atoms with van der Waals surface area (Å²) in [5.41, 5.74) is -0.108. The van der Waals surface area contributed by atoms with E-state index < -0.39 is 17.9 Å². The van der Waals surface area contributed by atoms with Gasteiger partial charge in [0.05, 0.1) is 16.8 Å². The predicted octanol–water partition coefficient (Wildman–Crippen LogP) is 1.12. The molecule has 0 bridgehead atoms. The minimum Gasteiger partial charge on any atom is -0.398 e. The van der Waals surface area contributed by atoms with E-state index in [1.165, 1.54) is 0 Å². The standard InChI is InChI=1S/C12H18BNO3S/c1-11(2)12(3,4)17-13(16-11)10-8-9(18(5)15)6-7-14-10/h6-8H,1-5H3. The quantitative estimate of drug-likeness (QED) is 0.753. The van der Waals surface area contributed by atoms with Gasteiger partial charge in [-0.25, -0.2) is 0 Å². The molecule has 1 fully saturated rings. The fourth-order valence-corrected chi connectivity index (χ4v) is 2.24. The molecule has 2 heterocycles. The van der Waals surface area contributed by atoms with Gasteiger partial charge in [-0.05, 0) is 39.8 Å². The van der Waals surface area contributed by atoms with Crippen molar-refractivity contribution >= 4 is 23.5 Å². The normalized spacial score (nSPS) is 23.1. The summed E-state index contributed by atoms with van der Waals surface area (Å²) >= 11 is 0. The van der Waals surface area contributed by atoms with E-state index in [-0.39, 0.29) is 11.2 Å². The summed E-state index contributed by atoms with van der Waals surface area (Å²) in [6.07, 6.45) is 3.28. The van der Waals surface area contributed by atoms with Gasteiger partial charge in [-0.15, -0.1) is 0 Å². The number of hydrogen-bond acceptors (Lipinski definition) is 4. The van der Waals surface area contributed by atoms with Gasteiger partial charge in [-0.1, -0.05) is 0 Å². The van der Waals surface area contributed by atoms with Crippen LogP contribution in [-0.4, -0.2) is 33.8 Å². The van der Waals surface area contributed by atoms with E-state index in [1.54, 1.807) is 24.6 Å². The van der Waals surface area contributed by atoms with E-state index in [0.29, 0.717) is 5.59 Å². The molecular weight excluding hydrogens is 249 g/mol. The van der Waals surface area contributed by atoms with Crippen LogP contribution in [0.5, 0.6) is 0 Å². The highest BCUT2D eigenvalue weighted by molar-refractivity contribution is 7.84. The summed E-state index contributed by atoms with van der Waals surface area (Å²) < 4.78 is 23.3. The molecule has 0 amide bonds. The third kappa shape index (κ3) is 2.37. The van der Waals surface area contributed by atoms with Crippen LogP contribution in [0.4, 0.5) is 0 Å². The molecule has 1 saturated heterocycles. The average Bonchev–Trinajstić information content (AvgIpc) is 2.48. The summed E-state index contributed by atoms with van der Waals surface area (Å²) in [5.74, 6) is 0.